The molecule has 1 saturated carbocycles. The van der Waals surface area contributed by atoms with Crippen molar-refractivity contribution >= 4 is 23.6 Å². The Morgan fingerprint density at radius 1 is 1.33 bits per heavy atom. The third-order valence-corrected chi connectivity index (χ3v) is 6.97. The second-order valence-corrected chi connectivity index (χ2v) is 9.08. The number of hydrogen-bond acceptors (Lipinski definition) is 4. The fourth-order valence-electron chi connectivity index (χ4n) is 3.74. The highest BCUT2D eigenvalue weighted by Crippen LogP contribution is 2.45. The minimum atomic E-state index is -0.0882. The predicted octanol–water partition coefficient (Wildman–Crippen LogP) is 3.69. The van der Waals surface area contributed by atoms with E-state index in [2.05, 4.69) is 13.8 Å². The van der Waals surface area contributed by atoms with Gasteiger partial charge in [0.05, 0.1) is 12.4 Å². The van der Waals surface area contributed by atoms with Crippen LogP contribution in [0, 0.1) is 5.92 Å². The second kappa shape index (κ2) is 8.55. The van der Waals surface area contributed by atoms with Crippen molar-refractivity contribution in [2.75, 3.05) is 20.2 Å². The molecule has 5 nitrogen and oxygen atoms in total. The van der Waals surface area contributed by atoms with Gasteiger partial charge in [0, 0.05) is 30.6 Å². The summed E-state index contributed by atoms with van der Waals surface area (Å²) in [7, 11) is 1.66. The highest BCUT2D eigenvalue weighted by Gasteiger charge is 2.40. The van der Waals surface area contributed by atoms with Gasteiger partial charge in [-0.1, -0.05) is 24.6 Å². The second-order valence-electron chi connectivity index (χ2n) is 7.66. The van der Waals surface area contributed by atoms with E-state index in [-0.39, 0.29) is 34.4 Å². The average Bonchev–Trinajstić information content (AvgIpc) is 2.88. The molecule has 2 aliphatic rings. The van der Waals surface area contributed by atoms with Crippen molar-refractivity contribution in [3.8, 4) is 5.75 Å². The number of rotatable bonds is 7. The van der Waals surface area contributed by atoms with Crippen LogP contribution < -0.4 is 4.74 Å². The van der Waals surface area contributed by atoms with Crippen LogP contribution in [0.5, 0.6) is 5.75 Å². The van der Waals surface area contributed by atoms with Gasteiger partial charge in [-0.3, -0.25) is 9.59 Å². The van der Waals surface area contributed by atoms with Gasteiger partial charge in [0.2, 0.25) is 11.8 Å². The SMILES string of the molecule is COc1ccccc1[C@@H]1S[C@H](C)C(=O)N1CCN(C(=O)C1CCC1)C(C)C. The number of carbonyl (C=O) groups is 2. The summed E-state index contributed by atoms with van der Waals surface area (Å²) in [5, 5.41) is -0.161. The largest absolute Gasteiger partial charge is 0.496 e. The standard InChI is InChI=1S/C21H30N2O3S/c1-14(2)22(20(25)16-8-7-9-16)12-13-23-19(24)15(3)27-21(23)17-10-5-6-11-18(17)26-4/h5-6,10-11,14-16,21H,7-9,12-13H2,1-4H3/t15-,21+/m1/s1. The Balaban J connectivity index is 1.75. The Morgan fingerprint density at radius 3 is 2.63 bits per heavy atom. The normalized spacial score (nSPS) is 22.9. The lowest BCUT2D eigenvalue weighted by Crippen LogP contribution is -2.47. The van der Waals surface area contributed by atoms with Gasteiger partial charge in [0.15, 0.2) is 0 Å². The van der Waals surface area contributed by atoms with Crippen molar-refractivity contribution in [1.82, 2.24) is 9.80 Å². The smallest absolute Gasteiger partial charge is 0.236 e. The van der Waals surface area contributed by atoms with E-state index in [1.807, 2.05) is 41.0 Å². The first-order valence-electron chi connectivity index (χ1n) is 9.83. The van der Waals surface area contributed by atoms with E-state index < -0.39 is 0 Å². The van der Waals surface area contributed by atoms with Crippen molar-refractivity contribution in [2.24, 2.45) is 5.92 Å². The Labute approximate surface area is 166 Å². The summed E-state index contributed by atoms with van der Waals surface area (Å²) in [6.45, 7) is 7.19. The molecule has 0 N–H and O–H groups in total. The third-order valence-electron chi connectivity index (χ3n) is 5.59. The van der Waals surface area contributed by atoms with E-state index in [0.717, 1.165) is 30.6 Å². The maximum absolute atomic E-state index is 12.8. The molecule has 1 aromatic rings. The number of carbonyl (C=O) groups excluding carboxylic acids is 2. The zero-order valence-corrected chi connectivity index (χ0v) is 17.5. The van der Waals surface area contributed by atoms with Gasteiger partial charge in [0.1, 0.15) is 11.1 Å². The number of benzene rings is 1. The lowest BCUT2D eigenvalue weighted by molar-refractivity contribution is -0.141. The zero-order valence-electron chi connectivity index (χ0n) is 16.7. The summed E-state index contributed by atoms with van der Waals surface area (Å²) in [5.41, 5.74) is 1.02. The van der Waals surface area contributed by atoms with Crippen LogP contribution in [-0.4, -0.2) is 53.1 Å². The molecule has 1 aliphatic heterocycles. The van der Waals surface area contributed by atoms with Crippen molar-refractivity contribution in [1.29, 1.82) is 0 Å². The van der Waals surface area contributed by atoms with Crippen molar-refractivity contribution in [3.05, 3.63) is 29.8 Å². The van der Waals surface area contributed by atoms with Gasteiger partial charge in [-0.05, 0) is 39.7 Å². The first-order chi connectivity index (χ1) is 12.9. The number of thioether (sulfide) groups is 1. The summed E-state index contributed by atoms with van der Waals surface area (Å²) in [6, 6.07) is 8.02. The van der Waals surface area contributed by atoms with Gasteiger partial charge in [0.25, 0.3) is 0 Å². The topological polar surface area (TPSA) is 49.9 Å². The maximum Gasteiger partial charge on any atom is 0.236 e. The quantitative estimate of drug-likeness (QED) is 0.712. The number of methoxy groups -OCH3 is 1. The van der Waals surface area contributed by atoms with Gasteiger partial charge in [-0.15, -0.1) is 11.8 Å². The molecular formula is C21H30N2O3S. The van der Waals surface area contributed by atoms with Crippen LogP contribution in [-0.2, 0) is 9.59 Å². The molecular weight excluding hydrogens is 360 g/mol. The van der Waals surface area contributed by atoms with Crippen LogP contribution in [0.15, 0.2) is 24.3 Å². The summed E-state index contributed by atoms with van der Waals surface area (Å²) in [5.74, 6) is 1.36. The van der Waals surface area contributed by atoms with E-state index in [0.29, 0.717) is 13.1 Å². The highest BCUT2D eigenvalue weighted by atomic mass is 32.2. The van der Waals surface area contributed by atoms with E-state index in [1.165, 1.54) is 0 Å². The van der Waals surface area contributed by atoms with Crippen molar-refractivity contribution in [3.63, 3.8) is 0 Å². The molecule has 0 aromatic heterocycles. The Bertz CT molecular complexity index is 690. The minimum Gasteiger partial charge on any atom is -0.496 e. The monoisotopic (exact) mass is 390 g/mol. The molecule has 27 heavy (non-hydrogen) atoms. The maximum atomic E-state index is 12.8. The molecule has 1 aliphatic carbocycles. The number of hydrogen-bond donors (Lipinski definition) is 0. The first-order valence-corrected chi connectivity index (χ1v) is 10.8. The van der Waals surface area contributed by atoms with Crippen LogP contribution >= 0.6 is 11.8 Å². The molecule has 1 heterocycles. The summed E-state index contributed by atoms with van der Waals surface area (Å²) >= 11 is 1.65. The number of ether oxygens (including phenoxy) is 1. The van der Waals surface area contributed by atoms with Crippen molar-refractivity contribution in [2.45, 2.75) is 56.7 Å². The molecule has 1 saturated heterocycles. The van der Waals surface area contributed by atoms with Gasteiger partial charge in [-0.2, -0.15) is 0 Å². The number of amides is 2. The summed E-state index contributed by atoms with van der Waals surface area (Å²) in [6.07, 6.45) is 3.15. The summed E-state index contributed by atoms with van der Waals surface area (Å²) in [4.78, 5) is 29.4. The minimum absolute atomic E-state index is 0.0727. The number of para-hydroxylation sites is 1. The molecule has 1 aromatic carbocycles. The molecule has 0 spiro atoms. The van der Waals surface area contributed by atoms with Crippen molar-refractivity contribution < 1.29 is 14.3 Å². The molecule has 6 heteroatoms. The van der Waals surface area contributed by atoms with E-state index in [4.69, 9.17) is 4.74 Å². The molecule has 3 rings (SSSR count). The molecule has 2 atom stereocenters. The van der Waals surface area contributed by atoms with Crippen LogP contribution in [0.1, 0.15) is 51.0 Å². The van der Waals surface area contributed by atoms with E-state index >= 15 is 0 Å². The fourth-order valence-corrected chi connectivity index (χ4v) is 5.08. The average molecular weight is 391 g/mol. The Morgan fingerprint density at radius 2 is 2.04 bits per heavy atom. The lowest BCUT2D eigenvalue weighted by Gasteiger charge is -2.36. The van der Waals surface area contributed by atoms with E-state index in [9.17, 15) is 9.59 Å². The lowest BCUT2D eigenvalue weighted by atomic mass is 9.84. The Kier molecular flexibility index (Phi) is 6.35. The third kappa shape index (κ3) is 4.10. The molecule has 0 radical (unpaired) electrons. The highest BCUT2D eigenvalue weighted by molar-refractivity contribution is 8.01. The molecule has 2 amide bonds. The van der Waals surface area contributed by atoms with E-state index in [1.54, 1.807) is 18.9 Å². The van der Waals surface area contributed by atoms with Crippen LogP contribution in [0.25, 0.3) is 0 Å². The van der Waals surface area contributed by atoms with Crippen LogP contribution in [0.2, 0.25) is 0 Å². The summed E-state index contributed by atoms with van der Waals surface area (Å²) < 4.78 is 5.52. The van der Waals surface area contributed by atoms with Gasteiger partial charge >= 0.3 is 0 Å². The molecule has 2 fully saturated rings. The fraction of sp³-hybridized carbons (Fsp3) is 0.619. The van der Waals surface area contributed by atoms with Gasteiger partial charge in [-0.25, -0.2) is 0 Å². The predicted molar refractivity (Wildman–Crippen MR) is 109 cm³/mol. The first kappa shape index (κ1) is 20.1. The van der Waals surface area contributed by atoms with Crippen LogP contribution in [0.3, 0.4) is 0 Å². The van der Waals surface area contributed by atoms with Gasteiger partial charge < -0.3 is 14.5 Å². The Hall–Kier alpha value is -1.69. The molecule has 0 bridgehead atoms. The molecule has 148 valence electrons. The van der Waals surface area contributed by atoms with Crippen LogP contribution in [0.4, 0.5) is 0 Å². The zero-order chi connectivity index (χ0) is 19.6. The molecule has 0 unspecified atom stereocenters. The number of nitrogens with zero attached hydrogens (tertiary/aromatic N) is 2.